The molecule has 0 bridgehead atoms. The molecule has 8 heteroatoms. The van der Waals surface area contributed by atoms with Crippen molar-refractivity contribution in [2.24, 2.45) is 5.92 Å². The summed E-state index contributed by atoms with van der Waals surface area (Å²) in [4.78, 5) is 25.2. The van der Waals surface area contributed by atoms with Gasteiger partial charge in [-0.1, -0.05) is 13.0 Å². The van der Waals surface area contributed by atoms with Crippen LogP contribution in [0.3, 0.4) is 0 Å². The highest BCUT2D eigenvalue weighted by molar-refractivity contribution is 8.18. The summed E-state index contributed by atoms with van der Waals surface area (Å²) in [6.45, 7) is 3.83. The van der Waals surface area contributed by atoms with Crippen molar-refractivity contribution in [3.63, 3.8) is 0 Å². The molecule has 0 atom stereocenters. The Balaban J connectivity index is 1.90. The van der Waals surface area contributed by atoms with Gasteiger partial charge < -0.3 is 10.2 Å². The van der Waals surface area contributed by atoms with Crippen LogP contribution in [0.2, 0.25) is 0 Å². The summed E-state index contributed by atoms with van der Waals surface area (Å²) >= 11 is 1.02. The quantitative estimate of drug-likeness (QED) is 0.498. The van der Waals surface area contributed by atoms with Gasteiger partial charge in [-0.25, -0.2) is 0 Å². The van der Waals surface area contributed by atoms with Crippen LogP contribution in [-0.2, 0) is 4.79 Å². The summed E-state index contributed by atoms with van der Waals surface area (Å²) in [6.07, 6.45) is 3.64. The van der Waals surface area contributed by atoms with Crippen LogP contribution < -0.4 is 10.2 Å². The van der Waals surface area contributed by atoms with E-state index < -0.39 is 0 Å². The molecule has 1 aromatic rings. The smallest absolute Gasteiger partial charge is 0.293 e. The van der Waals surface area contributed by atoms with E-state index in [9.17, 15) is 14.9 Å². The van der Waals surface area contributed by atoms with Crippen molar-refractivity contribution in [1.29, 1.82) is 5.41 Å². The van der Waals surface area contributed by atoms with Gasteiger partial charge in [0, 0.05) is 19.2 Å². The molecule has 1 aromatic carbocycles. The summed E-state index contributed by atoms with van der Waals surface area (Å²) in [5.41, 5.74) is 1.27. The molecule has 0 aromatic heterocycles. The lowest BCUT2D eigenvalue weighted by atomic mass is 9.98. The number of carbonyl (C=O) groups is 1. The molecule has 0 saturated carbocycles. The Morgan fingerprint density at radius 1 is 1.42 bits per heavy atom. The fourth-order valence-corrected chi connectivity index (χ4v) is 3.59. The highest BCUT2D eigenvalue weighted by atomic mass is 32.2. The standard InChI is InChI=1S/C16H18N4O3S/c1-10-4-6-19(7-5-10)12-3-2-11(8-13(12)20(22)23)9-14-15(21)18-16(17)24-14/h2-3,8-10H,4-7H2,1H3,(H2,17,18,21)/b14-9-. The van der Waals surface area contributed by atoms with Gasteiger partial charge in [0.05, 0.1) is 9.83 Å². The van der Waals surface area contributed by atoms with Gasteiger partial charge in [0.15, 0.2) is 5.17 Å². The molecule has 126 valence electrons. The monoisotopic (exact) mass is 346 g/mol. The Bertz CT molecular complexity index is 739. The maximum Gasteiger partial charge on any atom is 0.293 e. The number of nitrogens with one attached hydrogen (secondary N) is 2. The predicted octanol–water partition coefficient (Wildman–Crippen LogP) is 2.97. The van der Waals surface area contributed by atoms with Crippen LogP contribution in [0.1, 0.15) is 25.3 Å². The Hall–Kier alpha value is -2.35. The van der Waals surface area contributed by atoms with Crippen LogP contribution in [0.15, 0.2) is 23.1 Å². The number of benzene rings is 1. The predicted molar refractivity (Wildman–Crippen MR) is 95.1 cm³/mol. The van der Waals surface area contributed by atoms with Gasteiger partial charge in [0.2, 0.25) is 0 Å². The van der Waals surface area contributed by atoms with Crippen LogP contribution in [0.25, 0.3) is 6.08 Å². The zero-order valence-electron chi connectivity index (χ0n) is 13.2. The fourth-order valence-electron chi connectivity index (χ4n) is 2.89. The first-order chi connectivity index (χ1) is 11.4. The number of nitro benzene ring substituents is 1. The molecule has 7 nitrogen and oxygen atoms in total. The summed E-state index contributed by atoms with van der Waals surface area (Å²) in [5, 5.41) is 21.4. The normalized spacial score (nSPS) is 20.5. The molecule has 2 heterocycles. The Morgan fingerprint density at radius 2 is 2.12 bits per heavy atom. The molecule has 0 radical (unpaired) electrons. The first kappa shape index (κ1) is 16.5. The average molecular weight is 346 g/mol. The van der Waals surface area contributed by atoms with E-state index in [1.807, 2.05) is 0 Å². The van der Waals surface area contributed by atoms with Crippen LogP contribution in [0.4, 0.5) is 11.4 Å². The number of amides is 1. The van der Waals surface area contributed by atoms with Crippen molar-refractivity contribution < 1.29 is 9.72 Å². The third-order valence-corrected chi connectivity index (χ3v) is 5.11. The molecule has 24 heavy (non-hydrogen) atoms. The molecule has 2 saturated heterocycles. The molecule has 2 aliphatic heterocycles. The lowest BCUT2D eigenvalue weighted by Crippen LogP contribution is -2.33. The largest absolute Gasteiger partial charge is 0.366 e. The van der Waals surface area contributed by atoms with Crippen molar-refractivity contribution in [2.45, 2.75) is 19.8 Å². The topological polar surface area (TPSA) is 99.3 Å². The number of hydrogen-bond acceptors (Lipinski definition) is 6. The minimum Gasteiger partial charge on any atom is -0.366 e. The van der Waals surface area contributed by atoms with E-state index >= 15 is 0 Å². The summed E-state index contributed by atoms with van der Waals surface area (Å²) in [7, 11) is 0. The first-order valence-corrected chi connectivity index (χ1v) is 8.58. The zero-order chi connectivity index (χ0) is 17.3. The maximum atomic E-state index is 11.7. The maximum absolute atomic E-state index is 11.7. The second-order valence-corrected chi connectivity index (χ2v) is 7.12. The summed E-state index contributed by atoms with van der Waals surface area (Å²) in [5.74, 6) is 0.305. The minimum absolute atomic E-state index is 0.0531. The summed E-state index contributed by atoms with van der Waals surface area (Å²) in [6, 6.07) is 5.03. The lowest BCUT2D eigenvalue weighted by Gasteiger charge is -2.31. The summed E-state index contributed by atoms with van der Waals surface area (Å²) < 4.78 is 0. The van der Waals surface area contributed by atoms with E-state index in [4.69, 9.17) is 5.41 Å². The van der Waals surface area contributed by atoms with Gasteiger partial charge in [-0.3, -0.25) is 20.3 Å². The first-order valence-electron chi connectivity index (χ1n) is 7.77. The highest BCUT2D eigenvalue weighted by Crippen LogP contribution is 2.34. The number of piperidine rings is 1. The SMILES string of the molecule is CC1CCN(c2ccc(/C=C3\SC(=N)NC3=O)cc2[N+](=O)[O-])CC1. The number of amidine groups is 1. The molecule has 2 aliphatic rings. The Labute approximate surface area is 143 Å². The third-order valence-electron chi connectivity index (χ3n) is 4.28. The second-order valence-electron chi connectivity index (χ2n) is 6.07. The van der Waals surface area contributed by atoms with Gasteiger partial charge in [-0.05, 0) is 48.2 Å². The van der Waals surface area contributed by atoms with Crippen molar-refractivity contribution in [3.05, 3.63) is 38.8 Å². The van der Waals surface area contributed by atoms with E-state index in [2.05, 4.69) is 17.1 Å². The van der Waals surface area contributed by atoms with Gasteiger partial charge >= 0.3 is 0 Å². The number of hydrogen-bond donors (Lipinski definition) is 2. The average Bonchev–Trinajstić information content (AvgIpc) is 2.85. The van der Waals surface area contributed by atoms with E-state index in [1.165, 1.54) is 6.07 Å². The Kier molecular flexibility index (Phi) is 4.57. The number of thioether (sulfide) groups is 1. The van der Waals surface area contributed by atoms with Crippen LogP contribution in [0, 0.1) is 21.4 Å². The van der Waals surface area contributed by atoms with Gasteiger partial charge in [-0.2, -0.15) is 0 Å². The van der Waals surface area contributed by atoms with E-state index in [0.29, 0.717) is 22.1 Å². The number of nitro groups is 1. The second kappa shape index (κ2) is 6.64. The van der Waals surface area contributed by atoms with Gasteiger partial charge in [0.25, 0.3) is 11.6 Å². The van der Waals surface area contributed by atoms with E-state index in [-0.39, 0.29) is 21.7 Å². The van der Waals surface area contributed by atoms with Gasteiger partial charge in [0.1, 0.15) is 5.69 Å². The van der Waals surface area contributed by atoms with E-state index in [1.54, 1.807) is 18.2 Å². The minimum atomic E-state index is -0.376. The van der Waals surface area contributed by atoms with Crippen LogP contribution in [0.5, 0.6) is 0 Å². The fraction of sp³-hybridized carbons (Fsp3) is 0.375. The third kappa shape index (κ3) is 3.43. The molecular weight excluding hydrogens is 328 g/mol. The number of nitrogens with zero attached hydrogens (tertiary/aromatic N) is 2. The van der Waals surface area contributed by atoms with Crippen LogP contribution >= 0.6 is 11.8 Å². The number of anilines is 1. The molecule has 0 spiro atoms. The molecule has 0 aliphatic carbocycles. The molecule has 1 amide bonds. The van der Waals surface area contributed by atoms with Crippen molar-refractivity contribution in [3.8, 4) is 0 Å². The van der Waals surface area contributed by atoms with Crippen molar-refractivity contribution >= 4 is 40.3 Å². The molecule has 2 fully saturated rings. The number of rotatable bonds is 3. The van der Waals surface area contributed by atoms with Gasteiger partial charge in [-0.15, -0.1) is 0 Å². The zero-order valence-corrected chi connectivity index (χ0v) is 14.1. The van der Waals surface area contributed by atoms with Crippen LogP contribution in [-0.4, -0.2) is 29.1 Å². The Morgan fingerprint density at radius 3 is 2.71 bits per heavy atom. The lowest BCUT2D eigenvalue weighted by molar-refractivity contribution is -0.384. The van der Waals surface area contributed by atoms with E-state index in [0.717, 1.165) is 37.7 Å². The molecular formula is C16H18N4O3S. The molecule has 3 rings (SSSR count). The molecule has 0 unspecified atom stereocenters. The number of carbonyl (C=O) groups excluding carboxylic acids is 1. The highest BCUT2D eigenvalue weighted by Gasteiger charge is 2.25. The molecule has 2 N–H and O–H groups in total. The van der Waals surface area contributed by atoms with Crippen molar-refractivity contribution in [2.75, 3.05) is 18.0 Å². The van der Waals surface area contributed by atoms with Crippen molar-refractivity contribution in [1.82, 2.24) is 5.32 Å².